The number of hydrogen-bond acceptors (Lipinski definition) is 8. The summed E-state index contributed by atoms with van der Waals surface area (Å²) in [5, 5.41) is 25.8. The Morgan fingerprint density at radius 3 is 2.06 bits per heavy atom. The first-order chi connectivity index (χ1) is 24.8. The summed E-state index contributed by atoms with van der Waals surface area (Å²) in [6, 6.07) is 4.77. The number of aromatic amines is 1. The Bertz CT molecular complexity index is 1930. The van der Waals surface area contributed by atoms with Gasteiger partial charge in [-0.1, -0.05) is 52.0 Å². The minimum atomic E-state index is -1.30. The molecule has 5 heterocycles. The van der Waals surface area contributed by atoms with Crippen molar-refractivity contribution in [3.8, 4) is 22.6 Å². The van der Waals surface area contributed by atoms with Crippen molar-refractivity contribution in [2.45, 2.75) is 77.5 Å². The molecule has 3 aromatic heterocycles. The summed E-state index contributed by atoms with van der Waals surface area (Å²) in [5.41, 5.74) is 2.41. The normalized spacial score (nSPS) is 18.6. The second-order valence-electron chi connectivity index (χ2n) is 13.9. The summed E-state index contributed by atoms with van der Waals surface area (Å²) < 4.78 is 7.63. The van der Waals surface area contributed by atoms with Crippen LogP contribution in [-0.2, 0) is 14.4 Å². The number of amides is 5. The van der Waals surface area contributed by atoms with E-state index < -0.39 is 42.1 Å². The molecule has 4 atom stereocenters. The number of fused-ring (bicyclic) bond motifs is 1. The standard InChI is InChI=1S/C35H43N9O8/c1-18(2)27(40-34(48)49)31(46)43-13-5-7-23(43)29-36-15-22(37-29)20-9-11-21(12-10-20)25-16-42-17-26(39-33(42)52-25)38-30(45)24-8-6-14-44(24)32(47)28(19(3)4)41-35(50)51/h9-12,15-19,23-24,27-28,40-41H,5-8,13-14H2,1-4H3,(H,36,37)(H,38,45)(H,48,49)(H,50,51)/t23-,24-,27-,28-/m0/s1. The van der Waals surface area contributed by atoms with Gasteiger partial charge in [-0.3, -0.25) is 18.8 Å². The van der Waals surface area contributed by atoms with Crippen LogP contribution in [0, 0.1) is 11.8 Å². The maximum absolute atomic E-state index is 13.3. The number of anilines is 1. The van der Waals surface area contributed by atoms with E-state index in [-0.39, 0.29) is 35.4 Å². The zero-order valence-corrected chi connectivity index (χ0v) is 29.3. The van der Waals surface area contributed by atoms with Gasteiger partial charge in [-0.05, 0) is 43.1 Å². The highest BCUT2D eigenvalue weighted by atomic mass is 16.4. The summed E-state index contributed by atoms with van der Waals surface area (Å²) in [6.07, 6.45) is 5.10. The maximum Gasteiger partial charge on any atom is 0.405 e. The van der Waals surface area contributed by atoms with E-state index in [1.165, 1.54) is 4.90 Å². The largest absolute Gasteiger partial charge is 0.465 e. The zero-order valence-electron chi connectivity index (χ0n) is 29.3. The fourth-order valence-corrected chi connectivity index (χ4v) is 6.93. The molecule has 2 aliphatic rings. The molecule has 4 aromatic rings. The Hall–Kier alpha value is -5.87. The number of carbonyl (C=O) groups excluding carboxylic acids is 3. The number of benzene rings is 1. The van der Waals surface area contributed by atoms with Gasteiger partial charge in [0.15, 0.2) is 11.6 Å². The summed E-state index contributed by atoms with van der Waals surface area (Å²) in [5.74, 6) is 0.0832. The number of aromatic nitrogens is 4. The first kappa shape index (κ1) is 35.9. The fourth-order valence-electron chi connectivity index (χ4n) is 6.93. The van der Waals surface area contributed by atoms with Crippen molar-refractivity contribution in [2.24, 2.45) is 11.8 Å². The Kier molecular flexibility index (Phi) is 10.2. The number of carboxylic acid groups (broad SMARTS) is 2. The smallest absolute Gasteiger partial charge is 0.405 e. The molecule has 17 heteroatoms. The average Bonchev–Trinajstić information content (AvgIpc) is 3.93. The van der Waals surface area contributed by atoms with Crippen LogP contribution in [0.25, 0.3) is 28.4 Å². The minimum Gasteiger partial charge on any atom is -0.465 e. The first-order valence-corrected chi connectivity index (χ1v) is 17.4. The Morgan fingerprint density at radius 2 is 1.44 bits per heavy atom. The van der Waals surface area contributed by atoms with Crippen LogP contribution >= 0.6 is 0 Å². The van der Waals surface area contributed by atoms with E-state index in [1.807, 2.05) is 38.1 Å². The topological polar surface area (TPSA) is 227 Å². The highest BCUT2D eigenvalue weighted by Gasteiger charge is 2.39. The Labute approximate surface area is 298 Å². The Morgan fingerprint density at radius 1 is 0.846 bits per heavy atom. The van der Waals surface area contributed by atoms with Crippen LogP contribution in [-0.4, -0.2) is 100 Å². The monoisotopic (exact) mass is 717 g/mol. The van der Waals surface area contributed by atoms with Crippen LogP contribution in [0.3, 0.4) is 0 Å². The van der Waals surface area contributed by atoms with Crippen LogP contribution in [0.15, 0.2) is 47.3 Å². The van der Waals surface area contributed by atoms with Crippen LogP contribution in [0.4, 0.5) is 15.4 Å². The molecule has 0 radical (unpaired) electrons. The lowest BCUT2D eigenvalue weighted by molar-refractivity contribution is -0.139. The first-order valence-electron chi connectivity index (χ1n) is 17.4. The number of nitrogens with one attached hydrogen (secondary N) is 4. The van der Waals surface area contributed by atoms with Gasteiger partial charge in [0, 0.05) is 18.7 Å². The molecular weight excluding hydrogens is 674 g/mol. The van der Waals surface area contributed by atoms with Gasteiger partial charge in [0.2, 0.25) is 17.7 Å². The van der Waals surface area contributed by atoms with E-state index in [0.717, 1.165) is 23.2 Å². The van der Waals surface area contributed by atoms with Crippen LogP contribution in [0.1, 0.15) is 65.2 Å². The zero-order chi connectivity index (χ0) is 37.3. The lowest BCUT2D eigenvalue weighted by atomic mass is 10.0. The van der Waals surface area contributed by atoms with Gasteiger partial charge in [0.1, 0.15) is 23.9 Å². The summed E-state index contributed by atoms with van der Waals surface area (Å²) in [6.45, 7) is 7.97. The van der Waals surface area contributed by atoms with Crippen LogP contribution in [0.2, 0.25) is 0 Å². The second kappa shape index (κ2) is 14.8. The number of nitrogens with zero attached hydrogens (tertiary/aromatic N) is 5. The van der Waals surface area contributed by atoms with E-state index in [1.54, 1.807) is 41.7 Å². The molecule has 6 N–H and O–H groups in total. The minimum absolute atomic E-state index is 0.210. The van der Waals surface area contributed by atoms with Crippen molar-refractivity contribution in [3.05, 3.63) is 48.7 Å². The summed E-state index contributed by atoms with van der Waals surface area (Å²) >= 11 is 0. The van der Waals surface area contributed by atoms with Crippen molar-refractivity contribution in [1.82, 2.24) is 39.8 Å². The predicted molar refractivity (Wildman–Crippen MR) is 187 cm³/mol. The van der Waals surface area contributed by atoms with Crippen molar-refractivity contribution in [1.29, 1.82) is 0 Å². The molecule has 52 heavy (non-hydrogen) atoms. The van der Waals surface area contributed by atoms with Crippen LogP contribution < -0.4 is 16.0 Å². The number of likely N-dealkylation sites (tertiary alicyclic amines) is 2. The quantitative estimate of drug-likeness (QED) is 0.130. The number of imidazole rings is 2. The third-order valence-corrected chi connectivity index (χ3v) is 9.60. The molecule has 0 unspecified atom stereocenters. The van der Waals surface area contributed by atoms with E-state index in [2.05, 4.69) is 30.9 Å². The molecule has 0 spiro atoms. The highest BCUT2D eigenvalue weighted by Crippen LogP contribution is 2.33. The van der Waals surface area contributed by atoms with Gasteiger partial charge < -0.3 is 45.4 Å². The number of hydrogen-bond donors (Lipinski definition) is 6. The summed E-state index contributed by atoms with van der Waals surface area (Å²) in [7, 11) is 0. The molecule has 2 aliphatic heterocycles. The van der Waals surface area contributed by atoms with E-state index in [0.29, 0.717) is 43.9 Å². The van der Waals surface area contributed by atoms with Crippen molar-refractivity contribution in [3.63, 3.8) is 0 Å². The van der Waals surface area contributed by atoms with E-state index in [4.69, 9.17) is 4.42 Å². The van der Waals surface area contributed by atoms with Gasteiger partial charge in [0.05, 0.1) is 30.3 Å². The van der Waals surface area contributed by atoms with Gasteiger partial charge in [-0.15, -0.1) is 0 Å². The predicted octanol–water partition coefficient (Wildman–Crippen LogP) is 4.16. The highest BCUT2D eigenvalue weighted by molar-refractivity contribution is 5.98. The maximum atomic E-state index is 13.3. The third-order valence-electron chi connectivity index (χ3n) is 9.60. The number of carbonyl (C=O) groups is 5. The molecule has 17 nitrogen and oxygen atoms in total. The molecule has 2 fully saturated rings. The second-order valence-corrected chi connectivity index (χ2v) is 13.9. The molecule has 5 amide bonds. The van der Waals surface area contributed by atoms with E-state index >= 15 is 0 Å². The number of H-pyrrole nitrogens is 1. The molecule has 6 rings (SSSR count). The summed E-state index contributed by atoms with van der Waals surface area (Å²) in [4.78, 5) is 77.7. The number of oxazole rings is 1. The van der Waals surface area contributed by atoms with Crippen molar-refractivity contribution in [2.75, 3.05) is 18.4 Å². The van der Waals surface area contributed by atoms with Crippen molar-refractivity contribution >= 4 is 41.6 Å². The molecule has 0 aliphatic carbocycles. The SMILES string of the molecule is CC(C)[C@H](NC(=O)O)C(=O)N1CCC[C@H]1C(=O)Nc1cn2cc(-c3ccc(-c4cnc([C@@H]5CCCN5C(=O)[C@@H](NC(=O)O)C(C)C)[nH]4)cc3)oc2n1. The third kappa shape index (κ3) is 7.43. The van der Waals surface area contributed by atoms with Crippen LogP contribution in [0.5, 0.6) is 0 Å². The number of rotatable bonds is 11. The average molecular weight is 718 g/mol. The Balaban J connectivity index is 1.10. The molecule has 1 aromatic carbocycles. The van der Waals surface area contributed by atoms with Gasteiger partial charge in [0.25, 0.3) is 0 Å². The lowest BCUT2D eigenvalue weighted by Crippen LogP contribution is -2.54. The molecule has 2 saturated heterocycles. The van der Waals surface area contributed by atoms with Gasteiger partial charge in [-0.25, -0.2) is 14.6 Å². The molecule has 276 valence electrons. The lowest BCUT2D eigenvalue weighted by Gasteiger charge is -2.29. The molecular formula is C35H43N9O8. The van der Waals surface area contributed by atoms with Gasteiger partial charge >= 0.3 is 18.0 Å². The molecule has 0 bridgehead atoms. The van der Waals surface area contributed by atoms with Crippen molar-refractivity contribution < 1.29 is 38.6 Å². The van der Waals surface area contributed by atoms with E-state index in [9.17, 15) is 34.2 Å². The van der Waals surface area contributed by atoms with Gasteiger partial charge in [-0.2, -0.15) is 4.98 Å². The fraction of sp³-hybridized carbons (Fsp3) is 0.457. The molecule has 0 saturated carbocycles.